The van der Waals surface area contributed by atoms with Gasteiger partial charge in [0.2, 0.25) is 0 Å². The summed E-state index contributed by atoms with van der Waals surface area (Å²) in [7, 11) is 0. The summed E-state index contributed by atoms with van der Waals surface area (Å²) in [4.78, 5) is 26.9. The van der Waals surface area contributed by atoms with Crippen molar-refractivity contribution in [1.82, 2.24) is 4.98 Å². The molecule has 0 fully saturated rings. The summed E-state index contributed by atoms with van der Waals surface area (Å²) in [5.41, 5.74) is 7.55. The SMILES string of the molecule is CCC(N)CCCC(C(=O)O)C(=O)Cc1cc2ccccc2[nH]1. The van der Waals surface area contributed by atoms with Gasteiger partial charge in [0.15, 0.2) is 5.78 Å². The van der Waals surface area contributed by atoms with Gasteiger partial charge in [0.1, 0.15) is 5.92 Å². The molecule has 1 aromatic heterocycles. The van der Waals surface area contributed by atoms with Gasteiger partial charge in [0.25, 0.3) is 0 Å². The molecule has 5 heteroatoms. The van der Waals surface area contributed by atoms with Crippen molar-refractivity contribution in [2.45, 2.75) is 45.1 Å². The first-order chi connectivity index (χ1) is 11.0. The van der Waals surface area contributed by atoms with Gasteiger partial charge in [-0.3, -0.25) is 9.59 Å². The number of carboxylic acids is 1. The zero-order valence-electron chi connectivity index (χ0n) is 13.4. The molecule has 2 rings (SSSR count). The van der Waals surface area contributed by atoms with Crippen molar-refractivity contribution < 1.29 is 14.7 Å². The van der Waals surface area contributed by atoms with Crippen LogP contribution in [0.5, 0.6) is 0 Å². The third kappa shape index (κ3) is 4.66. The molecule has 0 spiro atoms. The van der Waals surface area contributed by atoms with Crippen LogP contribution < -0.4 is 5.73 Å². The molecule has 0 aliphatic rings. The molecule has 124 valence electrons. The number of carbonyl (C=O) groups is 2. The summed E-state index contributed by atoms with van der Waals surface area (Å²) in [5.74, 6) is -2.25. The lowest BCUT2D eigenvalue weighted by Gasteiger charge is -2.13. The summed E-state index contributed by atoms with van der Waals surface area (Å²) in [6, 6.07) is 9.72. The number of carboxylic acid groups (broad SMARTS) is 1. The number of carbonyl (C=O) groups excluding carboxylic acids is 1. The number of fused-ring (bicyclic) bond motifs is 1. The summed E-state index contributed by atoms with van der Waals surface area (Å²) < 4.78 is 0. The van der Waals surface area contributed by atoms with Gasteiger partial charge >= 0.3 is 5.97 Å². The number of nitrogens with two attached hydrogens (primary N) is 1. The van der Waals surface area contributed by atoms with E-state index in [0.29, 0.717) is 12.8 Å². The molecule has 0 aliphatic heterocycles. The van der Waals surface area contributed by atoms with E-state index in [9.17, 15) is 14.7 Å². The number of ketones is 1. The number of hydrogen-bond donors (Lipinski definition) is 3. The van der Waals surface area contributed by atoms with E-state index in [4.69, 9.17) is 5.73 Å². The van der Waals surface area contributed by atoms with Crippen molar-refractivity contribution in [3.63, 3.8) is 0 Å². The lowest BCUT2D eigenvalue weighted by atomic mass is 9.93. The van der Waals surface area contributed by atoms with Crippen LogP contribution in [0, 0.1) is 5.92 Å². The third-order valence-corrected chi connectivity index (χ3v) is 4.23. The van der Waals surface area contributed by atoms with Crippen molar-refractivity contribution in [3.8, 4) is 0 Å². The molecule has 0 amide bonds. The minimum atomic E-state index is -1.05. The Labute approximate surface area is 135 Å². The lowest BCUT2D eigenvalue weighted by Crippen LogP contribution is -2.26. The summed E-state index contributed by atoms with van der Waals surface area (Å²) in [5, 5.41) is 10.3. The van der Waals surface area contributed by atoms with Crippen molar-refractivity contribution >= 4 is 22.7 Å². The second-order valence-electron chi connectivity index (χ2n) is 6.01. The number of para-hydroxylation sites is 1. The molecule has 2 unspecified atom stereocenters. The maximum atomic E-state index is 12.3. The molecule has 2 atom stereocenters. The van der Waals surface area contributed by atoms with Crippen molar-refractivity contribution in [3.05, 3.63) is 36.0 Å². The van der Waals surface area contributed by atoms with Crippen molar-refractivity contribution in [2.24, 2.45) is 11.7 Å². The van der Waals surface area contributed by atoms with Gasteiger partial charge in [0.05, 0.1) is 0 Å². The van der Waals surface area contributed by atoms with E-state index in [1.807, 2.05) is 37.3 Å². The molecule has 0 bridgehead atoms. The van der Waals surface area contributed by atoms with Crippen LogP contribution in [0.4, 0.5) is 0 Å². The van der Waals surface area contributed by atoms with Crippen LogP contribution in [0.15, 0.2) is 30.3 Å². The average Bonchev–Trinajstić information content (AvgIpc) is 2.92. The summed E-state index contributed by atoms with van der Waals surface area (Å²) in [6.45, 7) is 2.00. The van der Waals surface area contributed by atoms with Crippen LogP contribution in [0.2, 0.25) is 0 Å². The van der Waals surface area contributed by atoms with Crippen LogP contribution in [0.1, 0.15) is 38.3 Å². The molecule has 23 heavy (non-hydrogen) atoms. The average molecular weight is 316 g/mol. The van der Waals surface area contributed by atoms with Crippen molar-refractivity contribution in [2.75, 3.05) is 0 Å². The van der Waals surface area contributed by atoms with Gasteiger partial charge in [-0.25, -0.2) is 0 Å². The summed E-state index contributed by atoms with van der Waals surface area (Å²) in [6.07, 6.45) is 2.73. The fraction of sp³-hybridized carbons (Fsp3) is 0.444. The monoisotopic (exact) mass is 316 g/mol. The molecule has 1 heterocycles. The number of aromatic amines is 1. The van der Waals surface area contributed by atoms with Gasteiger partial charge < -0.3 is 15.8 Å². The molecule has 5 nitrogen and oxygen atoms in total. The Kier molecular flexibility index (Phi) is 5.93. The molecule has 1 aromatic carbocycles. The fourth-order valence-electron chi connectivity index (χ4n) is 2.75. The molecule has 0 aliphatic carbocycles. The van der Waals surface area contributed by atoms with Gasteiger partial charge in [-0.2, -0.15) is 0 Å². The Morgan fingerprint density at radius 2 is 2.00 bits per heavy atom. The highest BCUT2D eigenvalue weighted by Crippen LogP contribution is 2.18. The standard InChI is InChI=1S/C18H24N2O3/c1-2-13(19)7-5-8-15(18(22)23)17(21)11-14-10-12-6-3-4-9-16(12)20-14/h3-4,6,9-10,13,15,20H,2,5,7-8,11,19H2,1H3,(H,22,23). The lowest BCUT2D eigenvalue weighted by molar-refractivity contribution is -0.146. The zero-order chi connectivity index (χ0) is 16.8. The van der Waals surface area contributed by atoms with Crippen LogP contribution in [0.3, 0.4) is 0 Å². The van der Waals surface area contributed by atoms with E-state index in [-0.39, 0.29) is 18.2 Å². The minimum Gasteiger partial charge on any atom is -0.481 e. The zero-order valence-corrected chi connectivity index (χ0v) is 13.4. The maximum absolute atomic E-state index is 12.3. The van der Waals surface area contributed by atoms with E-state index in [0.717, 1.165) is 29.4 Å². The smallest absolute Gasteiger partial charge is 0.314 e. The number of benzene rings is 1. The predicted octanol–water partition coefficient (Wildman–Crippen LogP) is 2.89. The second-order valence-corrected chi connectivity index (χ2v) is 6.01. The number of rotatable bonds is 9. The Morgan fingerprint density at radius 1 is 1.26 bits per heavy atom. The number of nitrogens with one attached hydrogen (secondary N) is 1. The second kappa shape index (κ2) is 7.92. The maximum Gasteiger partial charge on any atom is 0.314 e. The number of aromatic nitrogens is 1. The largest absolute Gasteiger partial charge is 0.481 e. The highest BCUT2D eigenvalue weighted by molar-refractivity contribution is 5.99. The van der Waals surface area contributed by atoms with Gasteiger partial charge in [-0.15, -0.1) is 0 Å². The topological polar surface area (TPSA) is 96.2 Å². The van der Waals surface area contributed by atoms with E-state index < -0.39 is 11.9 Å². The quantitative estimate of drug-likeness (QED) is 0.620. The summed E-state index contributed by atoms with van der Waals surface area (Å²) >= 11 is 0. The van der Waals surface area contributed by atoms with E-state index in [1.54, 1.807) is 0 Å². The minimum absolute atomic E-state index is 0.0771. The molecular weight excluding hydrogens is 292 g/mol. The predicted molar refractivity (Wildman–Crippen MR) is 90.3 cm³/mol. The van der Waals surface area contributed by atoms with Crippen LogP contribution >= 0.6 is 0 Å². The molecule has 0 radical (unpaired) electrons. The number of H-pyrrole nitrogens is 1. The van der Waals surface area contributed by atoms with Gasteiger partial charge in [0, 0.05) is 23.7 Å². The van der Waals surface area contributed by atoms with Gasteiger partial charge in [-0.1, -0.05) is 31.5 Å². The molecular formula is C18H24N2O3. The Morgan fingerprint density at radius 3 is 2.65 bits per heavy atom. The Hall–Kier alpha value is -2.14. The third-order valence-electron chi connectivity index (χ3n) is 4.23. The molecule has 0 saturated heterocycles. The molecule has 2 aromatic rings. The fourth-order valence-corrected chi connectivity index (χ4v) is 2.75. The molecule has 0 saturated carbocycles. The van der Waals surface area contributed by atoms with Crippen molar-refractivity contribution in [1.29, 1.82) is 0 Å². The number of Topliss-reactive ketones (excluding diaryl/α,β-unsaturated/α-hetero) is 1. The Balaban J connectivity index is 1.98. The Bertz CT molecular complexity index is 645. The van der Waals surface area contributed by atoms with Gasteiger partial charge in [-0.05, 0) is 36.8 Å². The van der Waals surface area contributed by atoms with Crippen LogP contribution in [-0.2, 0) is 16.0 Å². The molecule has 4 N–H and O–H groups in total. The highest BCUT2D eigenvalue weighted by atomic mass is 16.4. The normalized spacial score (nSPS) is 13.8. The number of hydrogen-bond acceptors (Lipinski definition) is 3. The highest BCUT2D eigenvalue weighted by Gasteiger charge is 2.26. The first kappa shape index (κ1) is 17.2. The number of aliphatic carboxylic acids is 1. The van der Waals surface area contributed by atoms with Crippen LogP contribution in [-0.4, -0.2) is 27.9 Å². The first-order valence-corrected chi connectivity index (χ1v) is 8.09. The van der Waals surface area contributed by atoms with Crippen LogP contribution in [0.25, 0.3) is 10.9 Å². The van der Waals surface area contributed by atoms with E-state index in [2.05, 4.69) is 4.98 Å². The van der Waals surface area contributed by atoms with E-state index in [1.165, 1.54) is 0 Å². The van der Waals surface area contributed by atoms with E-state index >= 15 is 0 Å². The first-order valence-electron chi connectivity index (χ1n) is 8.09.